The summed E-state index contributed by atoms with van der Waals surface area (Å²) in [6, 6.07) is 15.1. The summed E-state index contributed by atoms with van der Waals surface area (Å²) in [5.74, 6) is 0.0124. The van der Waals surface area contributed by atoms with E-state index in [1.807, 2.05) is 36.5 Å². The Balaban J connectivity index is 1.02. The fraction of sp³-hybridized carbons (Fsp3) is 0.419. The number of aromatic nitrogens is 2. The number of piperidine rings is 1. The Hall–Kier alpha value is -3.82. The molecule has 40 heavy (non-hydrogen) atoms. The average Bonchev–Trinajstić information content (AvgIpc) is 3.00. The van der Waals surface area contributed by atoms with E-state index in [0.717, 1.165) is 52.1 Å². The molecule has 5 rings (SSSR count). The Morgan fingerprint density at radius 2 is 1.62 bits per heavy atom. The number of nitrogens with zero attached hydrogens (tertiary/aromatic N) is 5. The summed E-state index contributed by atoms with van der Waals surface area (Å²) in [5, 5.41) is 2.86. The molecule has 1 N–H and O–H groups in total. The first-order valence-electron chi connectivity index (χ1n) is 14.3. The first-order valence-corrected chi connectivity index (χ1v) is 14.3. The maximum Gasteiger partial charge on any atom is 0.416 e. The molecule has 0 unspecified atom stereocenters. The van der Waals surface area contributed by atoms with Crippen LogP contribution >= 0.6 is 0 Å². The van der Waals surface area contributed by atoms with E-state index in [1.165, 1.54) is 36.6 Å². The molecule has 4 heterocycles. The number of ether oxygens (including phenoxy) is 1. The lowest BCUT2D eigenvalue weighted by Crippen LogP contribution is -2.49. The Morgan fingerprint density at radius 3 is 2.33 bits per heavy atom. The molecule has 0 bridgehead atoms. The number of amides is 2. The molecule has 0 saturated carbocycles. The second-order valence-corrected chi connectivity index (χ2v) is 10.5. The number of carbonyl (C=O) groups is 2. The number of rotatable bonds is 9. The Labute approximate surface area is 236 Å². The van der Waals surface area contributed by atoms with Gasteiger partial charge in [0.15, 0.2) is 0 Å². The van der Waals surface area contributed by atoms with Crippen molar-refractivity contribution in [3.8, 4) is 5.88 Å². The lowest BCUT2D eigenvalue weighted by Gasteiger charge is -2.33. The molecule has 2 fully saturated rings. The van der Waals surface area contributed by atoms with Gasteiger partial charge in [0, 0.05) is 56.7 Å². The van der Waals surface area contributed by atoms with Crippen LogP contribution in [0.25, 0.3) is 0 Å². The van der Waals surface area contributed by atoms with Gasteiger partial charge in [-0.2, -0.15) is 0 Å². The molecule has 2 saturated heterocycles. The average molecular weight is 543 g/mol. The fourth-order valence-electron chi connectivity index (χ4n) is 5.22. The van der Waals surface area contributed by atoms with E-state index >= 15 is 0 Å². The van der Waals surface area contributed by atoms with E-state index in [2.05, 4.69) is 31.2 Å². The predicted octanol–water partition coefficient (Wildman–Crippen LogP) is 4.46. The van der Waals surface area contributed by atoms with Crippen LogP contribution in [0.5, 0.6) is 5.88 Å². The Morgan fingerprint density at radius 1 is 0.825 bits per heavy atom. The predicted molar refractivity (Wildman–Crippen MR) is 154 cm³/mol. The van der Waals surface area contributed by atoms with Crippen molar-refractivity contribution < 1.29 is 14.3 Å². The molecular formula is C31H38N6O3. The molecule has 0 atom stereocenters. The number of hydrogen-bond donors (Lipinski definition) is 1. The monoisotopic (exact) mass is 542 g/mol. The van der Waals surface area contributed by atoms with Gasteiger partial charge in [-0.05, 0) is 80.7 Å². The smallest absolute Gasteiger partial charge is 0.391 e. The van der Waals surface area contributed by atoms with Gasteiger partial charge in [-0.15, -0.1) is 0 Å². The third-order valence-corrected chi connectivity index (χ3v) is 7.55. The van der Waals surface area contributed by atoms with E-state index in [-0.39, 0.29) is 11.8 Å². The van der Waals surface area contributed by atoms with Gasteiger partial charge in [0.25, 0.3) is 5.91 Å². The van der Waals surface area contributed by atoms with Gasteiger partial charge in [0.05, 0.1) is 11.9 Å². The van der Waals surface area contributed by atoms with Crippen LogP contribution in [-0.4, -0.2) is 82.5 Å². The van der Waals surface area contributed by atoms with Gasteiger partial charge < -0.3 is 15.0 Å². The highest BCUT2D eigenvalue weighted by molar-refractivity contribution is 6.04. The summed E-state index contributed by atoms with van der Waals surface area (Å²) in [7, 11) is 0. The van der Waals surface area contributed by atoms with Gasteiger partial charge in [0.1, 0.15) is 0 Å². The zero-order chi connectivity index (χ0) is 27.6. The van der Waals surface area contributed by atoms with Gasteiger partial charge in [-0.25, -0.2) is 9.78 Å². The van der Waals surface area contributed by atoms with E-state index in [4.69, 9.17) is 4.74 Å². The van der Waals surface area contributed by atoms with E-state index in [9.17, 15) is 9.59 Å². The van der Waals surface area contributed by atoms with E-state index in [1.54, 1.807) is 23.2 Å². The summed E-state index contributed by atoms with van der Waals surface area (Å²) in [4.78, 5) is 40.3. The van der Waals surface area contributed by atoms with Crippen molar-refractivity contribution in [2.75, 3.05) is 51.1 Å². The molecule has 0 radical (unpaired) electrons. The number of piperazine rings is 1. The van der Waals surface area contributed by atoms with Crippen LogP contribution in [-0.2, 0) is 13.0 Å². The summed E-state index contributed by atoms with van der Waals surface area (Å²) in [5.41, 5.74) is 3.60. The first kappa shape index (κ1) is 27.7. The van der Waals surface area contributed by atoms with Crippen LogP contribution in [0.1, 0.15) is 47.2 Å². The third-order valence-electron chi connectivity index (χ3n) is 7.55. The lowest BCUT2D eigenvalue weighted by molar-refractivity contribution is 0.102. The number of nitrogens with one attached hydrogen (secondary N) is 1. The number of benzene rings is 1. The third kappa shape index (κ3) is 8.09. The number of hydrogen-bond acceptors (Lipinski definition) is 7. The Kier molecular flexibility index (Phi) is 9.71. The molecule has 0 spiro atoms. The quantitative estimate of drug-likeness (QED) is 0.427. The molecular weight excluding hydrogens is 504 g/mol. The second-order valence-electron chi connectivity index (χ2n) is 10.5. The SMILES string of the molecule is O=C(Nc1ccc(OC(=O)N2CCN(CCCc3cccnc3)CC2)nc1)c1ccc(CN2CCCCC2)cc1. The number of aryl methyl sites for hydroxylation is 1. The molecule has 9 heteroatoms. The van der Waals surface area contributed by atoms with Crippen LogP contribution in [0, 0.1) is 0 Å². The molecule has 0 aliphatic carbocycles. The van der Waals surface area contributed by atoms with E-state index in [0.29, 0.717) is 24.3 Å². The van der Waals surface area contributed by atoms with Crippen LogP contribution in [0.2, 0.25) is 0 Å². The van der Waals surface area contributed by atoms with Crippen molar-refractivity contribution in [3.63, 3.8) is 0 Å². The summed E-state index contributed by atoms with van der Waals surface area (Å²) < 4.78 is 5.48. The maximum absolute atomic E-state index is 12.7. The molecule has 210 valence electrons. The van der Waals surface area contributed by atoms with Gasteiger partial charge in [-0.3, -0.25) is 19.6 Å². The van der Waals surface area contributed by atoms with Crippen molar-refractivity contribution in [2.45, 2.75) is 38.6 Å². The van der Waals surface area contributed by atoms with Crippen molar-refractivity contribution in [2.24, 2.45) is 0 Å². The minimum atomic E-state index is -0.399. The summed E-state index contributed by atoms with van der Waals surface area (Å²) in [6.07, 6.45) is 10.7. The molecule has 1 aromatic carbocycles. The minimum absolute atomic E-state index is 0.200. The number of pyridine rings is 2. The van der Waals surface area contributed by atoms with Crippen molar-refractivity contribution in [3.05, 3.63) is 83.8 Å². The fourth-order valence-corrected chi connectivity index (χ4v) is 5.22. The molecule has 2 aliphatic heterocycles. The molecule has 2 aromatic heterocycles. The molecule has 9 nitrogen and oxygen atoms in total. The molecule has 3 aromatic rings. The number of likely N-dealkylation sites (tertiary alicyclic amines) is 1. The zero-order valence-corrected chi connectivity index (χ0v) is 23.0. The first-order chi connectivity index (χ1) is 19.6. The van der Waals surface area contributed by atoms with Crippen LogP contribution < -0.4 is 10.1 Å². The van der Waals surface area contributed by atoms with Gasteiger partial charge in [0.2, 0.25) is 5.88 Å². The summed E-state index contributed by atoms with van der Waals surface area (Å²) in [6.45, 7) is 7.09. The minimum Gasteiger partial charge on any atom is -0.391 e. The second kappa shape index (κ2) is 14.0. The normalized spacial score (nSPS) is 16.4. The van der Waals surface area contributed by atoms with Crippen molar-refractivity contribution in [1.29, 1.82) is 0 Å². The van der Waals surface area contributed by atoms with Crippen LogP contribution in [0.4, 0.5) is 10.5 Å². The lowest BCUT2D eigenvalue weighted by atomic mass is 10.1. The topological polar surface area (TPSA) is 90.9 Å². The van der Waals surface area contributed by atoms with E-state index < -0.39 is 6.09 Å². The highest BCUT2D eigenvalue weighted by atomic mass is 16.6. The highest BCUT2D eigenvalue weighted by Gasteiger charge is 2.22. The van der Waals surface area contributed by atoms with Crippen LogP contribution in [0.3, 0.4) is 0 Å². The number of carbonyl (C=O) groups excluding carboxylic acids is 2. The Bertz CT molecular complexity index is 1220. The highest BCUT2D eigenvalue weighted by Crippen LogP contribution is 2.17. The summed E-state index contributed by atoms with van der Waals surface area (Å²) >= 11 is 0. The van der Waals surface area contributed by atoms with Crippen molar-refractivity contribution in [1.82, 2.24) is 24.7 Å². The van der Waals surface area contributed by atoms with Crippen molar-refractivity contribution >= 4 is 17.7 Å². The maximum atomic E-state index is 12.7. The zero-order valence-electron chi connectivity index (χ0n) is 23.0. The van der Waals surface area contributed by atoms with Gasteiger partial charge >= 0.3 is 6.09 Å². The van der Waals surface area contributed by atoms with Gasteiger partial charge in [-0.1, -0.05) is 24.6 Å². The largest absolute Gasteiger partial charge is 0.416 e. The molecule has 2 aliphatic rings. The number of anilines is 1. The van der Waals surface area contributed by atoms with Crippen LogP contribution in [0.15, 0.2) is 67.1 Å². The standard InChI is InChI=1S/C31H38N6O3/c38-30(27-10-8-26(9-11-27)24-36-15-2-1-3-16-36)34-28-12-13-29(33-23-28)40-31(39)37-20-18-35(19-21-37)17-5-7-25-6-4-14-32-22-25/h4,6,8-14,22-23H,1-3,5,7,15-21,24H2,(H,34,38). The molecule has 2 amide bonds.